The van der Waals surface area contributed by atoms with Gasteiger partial charge in [0.15, 0.2) is 0 Å². The Morgan fingerprint density at radius 3 is 2.46 bits per heavy atom. The molecule has 2 aromatic rings. The molecule has 0 aliphatic heterocycles. The van der Waals surface area contributed by atoms with Gasteiger partial charge in [-0.1, -0.05) is 72.9 Å². The first-order valence-electron chi connectivity index (χ1n) is 9.96. The van der Waals surface area contributed by atoms with Gasteiger partial charge in [0.2, 0.25) is 0 Å². The average molecular weight is 367 g/mol. The number of allylic oxidation sites excluding steroid dienone is 9. The SMILES string of the molecule is C=C/C(C)=C(\C)c1cc(C2=C/C=C(\C)Cc3ccccc3C(C)=C2)ccc1C. The van der Waals surface area contributed by atoms with Gasteiger partial charge in [0.1, 0.15) is 0 Å². The Morgan fingerprint density at radius 2 is 1.71 bits per heavy atom. The van der Waals surface area contributed by atoms with E-state index in [1.165, 1.54) is 55.7 Å². The molecule has 0 aromatic heterocycles. The highest BCUT2D eigenvalue weighted by Gasteiger charge is 2.10. The number of hydrogen-bond acceptors (Lipinski definition) is 0. The molecule has 0 saturated carbocycles. The van der Waals surface area contributed by atoms with E-state index in [-0.39, 0.29) is 0 Å². The van der Waals surface area contributed by atoms with Crippen molar-refractivity contribution < 1.29 is 0 Å². The molecule has 0 unspecified atom stereocenters. The van der Waals surface area contributed by atoms with Crippen molar-refractivity contribution in [2.75, 3.05) is 0 Å². The number of fused-ring (bicyclic) bond motifs is 1. The molecule has 0 nitrogen and oxygen atoms in total. The van der Waals surface area contributed by atoms with Crippen LogP contribution < -0.4 is 0 Å². The molecule has 2 aromatic carbocycles. The Balaban J connectivity index is 2.16. The van der Waals surface area contributed by atoms with E-state index in [1.54, 1.807) is 0 Å². The summed E-state index contributed by atoms with van der Waals surface area (Å²) in [6, 6.07) is 15.5. The lowest BCUT2D eigenvalue weighted by molar-refractivity contribution is 1.13. The van der Waals surface area contributed by atoms with Crippen LogP contribution in [0.15, 0.2) is 84.5 Å². The fraction of sp³-hybridized carbons (Fsp3) is 0.214. The second-order valence-corrected chi connectivity index (χ2v) is 7.84. The third-order valence-electron chi connectivity index (χ3n) is 5.70. The van der Waals surface area contributed by atoms with Crippen LogP contribution in [0, 0.1) is 6.92 Å². The normalized spacial score (nSPS) is 17.0. The Morgan fingerprint density at radius 1 is 0.964 bits per heavy atom. The fourth-order valence-corrected chi connectivity index (χ4v) is 3.76. The summed E-state index contributed by atoms with van der Waals surface area (Å²) in [5.41, 5.74) is 13.0. The Labute approximate surface area is 170 Å². The monoisotopic (exact) mass is 366 g/mol. The number of benzene rings is 2. The number of hydrogen-bond donors (Lipinski definition) is 0. The van der Waals surface area contributed by atoms with Crippen LogP contribution >= 0.6 is 0 Å². The summed E-state index contributed by atoms with van der Waals surface area (Å²) in [5.74, 6) is 0. The minimum absolute atomic E-state index is 0.991. The van der Waals surface area contributed by atoms with E-state index < -0.39 is 0 Å². The van der Waals surface area contributed by atoms with Gasteiger partial charge >= 0.3 is 0 Å². The van der Waals surface area contributed by atoms with Crippen LogP contribution in [-0.2, 0) is 6.42 Å². The first-order chi connectivity index (χ1) is 13.4. The van der Waals surface area contributed by atoms with E-state index in [0.29, 0.717) is 0 Å². The van der Waals surface area contributed by atoms with Crippen molar-refractivity contribution in [2.24, 2.45) is 0 Å². The standard InChI is InChI=1S/C28H30/c1-7-20(3)23(6)28-18-25(15-13-21(28)4)24-14-12-19(2)16-26-10-8-9-11-27(26)22(5)17-24/h7-15,17-18H,1,16H2,2-6H3/b19-12+,22-17?,23-20+,24-14?. The van der Waals surface area contributed by atoms with E-state index >= 15 is 0 Å². The number of aryl methyl sites for hydroxylation is 1. The molecule has 142 valence electrons. The minimum atomic E-state index is 0.991. The maximum absolute atomic E-state index is 3.94. The lowest BCUT2D eigenvalue weighted by Crippen LogP contribution is -1.93. The predicted molar refractivity (Wildman–Crippen MR) is 125 cm³/mol. The van der Waals surface area contributed by atoms with Gasteiger partial charge in [0.05, 0.1) is 0 Å². The van der Waals surface area contributed by atoms with Crippen molar-refractivity contribution in [3.8, 4) is 0 Å². The molecule has 3 rings (SSSR count). The van der Waals surface area contributed by atoms with Crippen LogP contribution in [0.1, 0.15) is 55.5 Å². The third kappa shape index (κ3) is 4.17. The van der Waals surface area contributed by atoms with E-state index in [1.807, 2.05) is 6.08 Å². The molecule has 0 fully saturated rings. The van der Waals surface area contributed by atoms with Crippen molar-refractivity contribution in [2.45, 2.75) is 41.0 Å². The minimum Gasteiger partial charge on any atom is -0.0988 e. The Hall–Kier alpha value is -2.86. The zero-order valence-electron chi connectivity index (χ0n) is 17.8. The lowest BCUT2D eigenvalue weighted by Gasteiger charge is -2.13. The number of rotatable bonds is 3. The largest absolute Gasteiger partial charge is 0.0988 e. The molecule has 1 aliphatic carbocycles. The van der Waals surface area contributed by atoms with Crippen molar-refractivity contribution in [1.29, 1.82) is 0 Å². The zero-order valence-corrected chi connectivity index (χ0v) is 17.8. The Bertz CT molecular complexity index is 1040. The summed E-state index contributed by atoms with van der Waals surface area (Å²) in [6.45, 7) is 14.9. The van der Waals surface area contributed by atoms with E-state index in [0.717, 1.165) is 6.42 Å². The fourth-order valence-electron chi connectivity index (χ4n) is 3.76. The van der Waals surface area contributed by atoms with Gasteiger partial charge in [-0.3, -0.25) is 0 Å². The second-order valence-electron chi connectivity index (χ2n) is 7.84. The van der Waals surface area contributed by atoms with Gasteiger partial charge in [-0.2, -0.15) is 0 Å². The molecule has 0 radical (unpaired) electrons. The van der Waals surface area contributed by atoms with Crippen LogP contribution in [0.5, 0.6) is 0 Å². The molecule has 0 heterocycles. The predicted octanol–water partition coefficient (Wildman–Crippen LogP) is 7.96. The van der Waals surface area contributed by atoms with Crippen LogP contribution in [0.25, 0.3) is 16.7 Å². The van der Waals surface area contributed by atoms with Crippen molar-refractivity contribution in [3.05, 3.63) is 112 Å². The van der Waals surface area contributed by atoms with Gasteiger partial charge in [-0.15, -0.1) is 0 Å². The van der Waals surface area contributed by atoms with Crippen LogP contribution in [-0.4, -0.2) is 0 Å². The van der Waals surface area contributed by atoms with Crippen molar-refractivity contribution in [3.63, 3.8) is 0 Å². The van der Waals surface area contributed by atoms with E-state index in [4.69, 9.17) is 0 Å². The molecule has 0 saturated heterocycles. The molecule has 0 bridgehead atoms. The van der Waals surface area contributed by atoms with Crippen LogP contribution in [0.3, 0.4) is 0 Å². The van der Waals surface area contributed by atoms with Crippen LogP contribution in [0.4, 0.5) is 0 Å². The highest BCUT2D eigenvalue weighted by molar-refractivity contribution is 5.86. The highest BCUT2D eigenvalue weighted by Crippen LogP contribution is 2.31. The smallest absolute Gasteiger partial charge is 0.00607 e. The molecule has 0 spiro atoms. The summed E-state index contributed by atoms with van der Waals surface area (Å²) in [6.07, 6.45) is 9.78. The third-order valence-corrected chi connectivity index (χ3v) is 5.70. The van der Waals surface area contributed by atoms with Gasteiger partial charge in [0, 0.05) is 0 Å². The van der Waals surface area contributed by atoms with Gasteiger partial charge in [-0.05, 0) is 97.2 Å². The molecular weight excluding hydrogens is 336 g/mol. The topological polar surface area (TPSA) is 0 Å². The van der Waals surface area contributed by atoms with Crippen LogP contribution in [0.2, 0.25) is 0 Å². The molecule has 0 atom stereocenters. The van der Waals surface area contributed by atoms with Gasteiger partial charge < -0.3 is 0 Å². The second kappa shape index (κ2) is 8.44. The lowest BCUT2D eigenvalue weighted by atomic mass is 9.92. The zero-order chi connectivity index (χ0) is 20.3. The van der Waals surface area contributed by atoms with E-state index in [9.17, 15) is 0 Å². The maximum Gasteiger partial charge on any atom is -0.00607 e. The first kappa shape index (κ1) is 19.9. The molecule has 0 amide bonds. The van der Waals surface area contributed by atoms with Crippen molar-refractivity contribution >= 4 is 16.7 Å². The Kier molecular flexibility index (Phi) is 5.99. The molecular formula is C28H30. The maximum atomic E-state index is 3.94. The molecule has 0 N–H and O–H groups in total. The summed E-state index contributed by atoms with van der Waals surface area (Å²) in [4.78, 5) is 0. The van der Waals surface area contributed by atoms with Gasteiger partial charge in [0.25, 0.3) is 0 Å². The highest BCUT2D eigenvalue weighted by atomic mass is 14.2. The molecule has 28 heavy (non-hydrogen) atoms. The van der Waals surface area contributed by atoms with E-state index in [2.05, 4.69) is 102 Å². The first-order valence-corrected chi connectivity index (χ1v) is 9.96. The quantitative estimate of drug-likeness (QED) is 0.483. The van der Waals surface area contributed by atoms with Gasteiger partial charge in [-0.25, -0.2) is 0 Å². The summed E-state index contributed by atoms with van der Waals surface area (Å²) < 4.78 is 0. The molecule has 1 aliphatic rings. The summed E-state index contributed by atoms with van der Waals surface area (Å²) in [7, 11) is 0. The summed E-state index contributed by atoms with van der Waals surface area (Å²) >= 11 is 0. The average Bonchev–Trinajstić information content (AvgIpc) is 2.76. The molecule has 0 heteroatoms. The summed E-state index contributed by atoms with van der Waals surface area (Å²) in [5, 5.41) is 0. The van der Waals surface area contributed by atoms with Crippen molar-refractivity contribution in [1.82, 2.24) is 0 Å².